The average molecular weight is 406 g/mol. The van der Waals surface area contributed by atoms with Crippen LogP contribution in [0.25, 0.3) is 10.9 Å². The van der Waals surface area contributed by atoms with Crippen molar-refractivity contribution in [3.05, 3.63) is 64.3 Å². The Morgan fingerprint density at radius 2 is 2.03 bits per heavy atom. The van der Waals surface area contributed by atoms with Crippen LogP contribution in [0.4, 0.5) is 13.2 Å². The molecule has 0 fully saturated rings. The van der Waals surface area contributed by atoms with Gasteiger partial charge in [-0.15, -0.1) is 0 Å². The molecule has 29 heavy (non-hydrogen) atoms. The molecule has 0 saturated heterocycles. The number of rotatable bonds is 6. The number of para-hydroxylation sites is 1. The Labute approximate surface area is 163 Å². The lowest BCUT2D eigenvalue weighted by Gasteiger charge is -2.10. The van der Waals surface area contributed by atoms with E-state index in [4.69, 9.17) is 0 Å². The predicted octanol–water partition coefficient (Wildman–Crippen LogP) is 2.36. The molecule has 2 aromatic heterocycles. The summed E-state index contributed by atoms with van der Waals surface area (Å²) >= 11 is 0. The van der Waals surface area contributed by atoms with Gasteiger partial charge in [-0.25, -0.2) is 9.97 Å². The minimum atomic E-state index is -4.47. The highest BCUT2D eigenvalue weighted by molar-refractivity contribution is 5.81. The Kier molecular flexibility index (Phi) is 5.81. The molecule has 0 aliphatic heterocycles. The Bertz CT molecular complexity index is 1100. The number of alkyl halides is 3. The average Bonchev–Trinajstić information content (AvgIpc) is 2.67. The lowest BCUT2D eigenvalue weighted by molar-refractivity contribution is -0.154. The number of carbonyl (C=O) groups is 1. The van der Waals surface area contributed by atoms with Gasteiger partial charge in [0.1, 0.15) is 6.54 Å². The SMILES string of the molecule is Cc1cccc2c(=O)n(CC(=O)NCc3ccnc(OCC(F)(F)F)c3)cnc12. The second-order valence-corrected chi connectivity index (χ2v) is 6.33. The first-order valence-electron chi connectivity index (χ1n) is 8.59. The zero-order valence-corrected chi connectivity index (χ0v) is 15.4. The van der Waals surface area contributed by atoms with Crippen LogP contribution in [-0.2, 0) is 17.9 Å². The van der Waals surface area contributed by atoms with Crippen LogP contribution < -0.4 is 15.6 Å². The summed E-state index contributed by atoms with van der Waals surface area (Å²) in [5.74, 6) is -0.644. The van der Waals surface area contributed by atoms with Gasteiger partial charge < -0.3 is 10.1 Å². The number of hydrogen-bond donors (Lipinski definition) is 1. The van der Waals surface area contributed by atoms with E-state index in [1.165, 1.54) is 29.2 Å². The maximum Gasteiger partial charge on any atom is 0.422 e. The molecular weight excluding hydrogens is 389 g/mol. The van der Waals surface area contributed by atoms with Gasteiger partial charge >= 0.3 is 6.18 Å². The monoisotopic (exact) mass is 406 g/mol. The quantitative estimate of drug-likeness (QED) is 0.679. The van der Waals surface area contributed by atoms with Crippen molar-refractivity contribution < 1.29 is 22.7 Å². The molecule has 0 saturated carbocycles. The summed E-state index contributed by atoms with van der Waals surface area (Å²) in [7, 11) is 0. The lowest BCUT2D eigenvalue weighted by atomic mass is 10.1. The van der Waals surface area contributed by atoms with Crippen LogP contribution in [0.2, 0.25) is 0 Å². The second kappa shape index (κ2) is 8.29. The first kappa shape index (κ1) is 20.3. The fourth-order valence-electron chi connectivity index (χ4n) is 2.66. The molecule has 2 heterocycles. The van der Waals surface area contributed by atoms with Crippen LogP contribution in [0.3, 0.4) is 0 Å². The molecule has 10 heteroatoms. The number of hydrogen-bond acceptors (Lipinski definition) is 5. The van der Waals surface area contributed by atoms with Gasteiger partial charge in [-0.3, -0.25) is 14.2 Å². The fourth-order valence-corrected chi connectivity index (χ4v) is 2.66. The van der Waals surface area contributed by atoms with E-state index in [1.54, 1.807) is 12.1 Å². The third-order valence-electron chi connectivity index (χ3n) is 4.04. The van der Waals surface area contributed by atoms with Crippen LogP contribution in [0.1, 0.15) is 11.1 Å². The van der Waals surface area contributed by atoms with E-state index in [0.29, 0.717) is 16.5 Å². The summed E-state index contributed by atoms with van der Waals surface area (Å²) in [6, 6.07) is 8.07. The van der Waals surface area contributed by atoms with Crippen molar-refractivity contribution >= 4 is 16.8 Å². The predicted molar refractivity (Wildman–Crippen MR) is 98.4 cm³/mol. The molecular formula is C19H17F3N4O3. The second-order valence-electron chi connectivity index (χ2n) is 6.33. The van der Waals surface area contributed by atoms with Crippen molar-refractivity contribution in [3.63, 3.8) is 0 Å². The zero-order chi connectivity index (χ0) is 21.0. The topological polar surface area (TPSA) is 86.1 Å². The number of nitrogens with zero attached hydrogens (tertiary/aromatic N) is 3. The molecule has 3 aromatic rings. The van der Waals surface area contributed by atoms with Crippen molar-refractivity contribution in [2.24, 2.45) is 0 Å². The number of pyridine rings is 1. The highest BCUT2D eigenvalue weighted by atomic mass is 19.4. The number of benzene rings is 1. The largest absolute Gasteiger partial charge is 0.468 e. The van der Waals surface area contributed by atoms with Crippen LogP contribution in [0.15, 0.2) is 47.7 Å². The first-order valence-corrected chi connectivity index (χ1v) is 8.59. The summed E-state index contributed by atoms with van der Waals surface area (Å²) in [5, 5.41) is 3.02. The molecule has 1 N–H and O–H groups in total. The van der Waals surface area contributed by atoms with E-state index >= 15 is 0 Å². The summed E-state index contributed by atoms with van der Waals surface area (Å²) in [4.78, 5) is 32.6. The van der Waals surface area contributed by atoms with Gasteiger partial charge in [-0.05, 0) is 30.2 Å². The third-order valence-corrected chi connectivity index (χ3v) is 4.04. The van der Waals surface area contributed by atoms with Crippen LogP contribution in [-0.4, -0.2) is 33.2 Å². The minimum Gasteiger partial charge on any atom is -0.468 e. The standard InChI is InChI=1S/C19H17F3N4O3/c1-12-3-2-4-14-17(12)25-11-26(18(14)28)9-15(27)24-8-13-5-6-23-16(7-13)29-10-19(20,21)22/h2-7,11H,8-10H2,1H3,(H,24,27). The van der Waals surface area contributed by atoms with E-state index in [1.807, 2.05) is 13.0 Å². The Morgan fingerprint density at radius 1 is 1.24 bits per heavy atom. The van der Waals surface area contributed by atoms with E-state index in [9.17, 15) is 22.8 Å². The van der Waals surface area contributed by atoms with Gasteiger partial charge in [0.25, 0.3) is 5.56 Å². The van der Waals surface area contributed by atoms with E-state index < -0.39 is 18.7 Å². The van der Waals surface area contributed by atoms with E-state index in [2.05, 4.69) is 20.0 Å². The van der Waals surface area contributed by atoms with Crippen LogP contribution in [0, 0.1) is 6.92 Å². The summed E-state index contributed by atoms with van der Waals surface area (Å²) in [6.45, 7) is 0.192. The molecule has 0 radical (unpaired) electrons. The zero-order valence-electron chi connectivity index (χ0n) is 15.4. The van der Waals surface area contributed by atoms with E-state index in [-0.39, 0.29) is 24.5 Å². The summed E-state index contributed by atoms with van der Waals surface area (Å²) in [5.41, 5.74) is 1.61. The maximum atomic E-state index is 12.5. The van der Waals surface area contributed by atoms with Crippen molar-refractivity contribution in [3.8, 4) is 5.88 Å². The number of carbonyl (C=O) groups excluding carboxylic acids is 1. The van der Waals surface area contributed by atoms with Gasteiger partial charge in [0.15, 0.2) is 6.61 Å². The minimum absolute atomic E-state index is 0.0403. The lowest BCUT2D eigenvalue weighted by Crippen LogP contribution is -2.32. The Balaban J connectivity index is 1.63. The third kappa shape index (κ3) is 5.31. The number of nitrogens with one attached hydrogen (secondary N) is 1. The summed E-state index contributed by atoms with van der Waals surface area (Å²) in [6.07, 6.45) is -1.87. The van der Waals surface area contributed by atoms with Gasteiger partial charge in [-0.1, -0.05) is 12.1 Å². The molecule has 3 rings (SSSR count). The summed E-state index contributed by atoms with van der Waals surface area (Å²) < 4.78 is 42.4. The van der Waals surface area contributed by atoms with Crippen molar-refractivity contribution in [1.82, 2.24) is 19.9 Å². The highest BCUT2D eigenvalue weighted by Gasteiger charge is 2.28. The number of aryl methyl sites for hydroxylation is 1. The Morgan fingerprint density at radius 3 is 2.79 bits per heavy atom. The highest BCUT2D eigenvalue weighted by Crippen LogP contribution is 2.17. The normalized spacial score (nSPS) is 11.4. The fraction of sp³-hybridized carbons (Fsp3) is 0.263. The number of ether oxygens (including phenoxy) is 1. The molecule has 1 amide bonds. The van der Waals surface area contributed by atoms with Crippen LogP contribution >= 0.6 is 0 Å². The smallest absolute Gasteiger partial charge is 0.422 e. The van der Waals surface area contributed by atoms with E-state index in [0.717, 1.165) is 5.56 Å². The van der Waals surface area contributed by atoms with Crippen molar-refractivity contribution in [2.75, 3.05) is 6.61 Å². The molecule has 7 nitrogen and oxygen atoms in total. The van der Waals surface area contributed by atoms with Gasteiger partial charge in [-0.2, -0.15) is 13.2 Å². The molecule has 0 aliphatic carbocycles. The van der Waals surface area contributed by atoms with Crippen molar-refractivity contribution in [2.45, 2.75) is 26.2 Å². The number of fused-ring (bicyclic) bond motifs is 1. The molecule has 0 unspecified atom stereocenters. The molecule has 0 bridgehead atoms. The van der Waals surface area contributed by atoms with Crippen molar-refractivity contribution in [1.29, 1.82) is 0 Å². The van der Waals surface area contributed by atoms with Crippen LogP contribution in [0.5, 0.6) is 5.88 Å². The molecule has 0 atom stereocenters. The van der Waals surface area contributed by atoms with Gasteiger partial charge in [0.2, 0.25) is 11.8 Å². The number of aromatic nitrogens is 3. The molecule has 0 aliphatic rings. The molecule has 1 aromatic carbocycles. The molecule has 152 valence electrons. The van der Waals surface area contributed by atoms with Gasteiger partial charge in [0.05, 0.1) is 17.2 Å². The van der Waals surface area contributed by atoms with Gasteiger partial charge in [0, 0.05) is 18.8 Å². The number of amides is 1. The number of halogens is 3. The molecule has 0 spiro atoms. The first-order chi connectivity index (χ1) is 13.7. The maximum absolute atomic E-state index is 12.5. The Hall–Kier alpha value is -3.43.